The second kappa shape index (κ2) is 7.03. The molecule has 1 amide bonds. The molecule has 0 bridgehead atoms. The lowest BCUT2D eigenvalue weighted by atomic mass is 10.1. The highest BCUT2D eigenvalue weighted by Gasteiger charge is 2.16. The van der Waals surface area contributed by atoms with Gasteiger partial charge in [-0.2, -0.15) is 0 Å². The third-order valence-electron chi connectivity index (χ3n) is 3.34. The maximum absolute atomic E-state index is 12.2. The second-order valence-corrected chi connectivity index (χ2v) is 5.97. The number of hydrogen-bond donors (Lipinski definition) is 1. The molecule has 0 radical (unpaired) electrons. The Kier molecular flexibility index (Phi) is 5.33. The van der Waals surface area contributed by atoms with Gasteiger partial charge in [0.1, 0.15) is 5.75 Å². The van der Waals surface area contributed by atoms with Gasteiger partial charge in [-0.1, -0.05) is 29.3 Å². The summed E-state index contributed by atoms with van der Waals surface area (Å²) in [6, 6.07) is 10.6. The van der Waals surface area contributed by atoms with Crippen molar-refractivity contribution in [2.75, 3.05) is 5.32 Å². The van der Waals surface area contributed by atoms with E-state index in [-0.39, 0.29) is 5.91 Å². The maximum Gasteiger partial charge on any atom is 0.265 e. The minimum Gasteiger partial charge on any atom is -0.479 e. The smallest absolute Gasteiger partial charge is 0.265 e. The van der Waals surface area contributed by atoms with Gasteiger partial charge in [-0.15, -0.1) is 0 Å². The molecule has 5 heteroatoms. The zero-order valence-corrected chi connectivity index (χ0v) is 14.1. The van der Waals surface area contributed by atoms with Crippen molar-refractivity contribution in [2.45, 2.75) is 26.9 Å². The lowest BCUT2D eigenvalue weighted by molar-refractivity contribution is -0.122. The van der Waals surface area contributed by atoms with Gasteiger partial charge < -0.3 is 10.1 Å². The topological polar surface area (TPSA) is 38.3 Å². The Labute approximate surface area is 140 Å². The average Bonchev–Trinajstić information content (AvgIpc) is 2.45. The highest BCUT2D eigenvalue weighted by Crippen LogP contribution is 2.28. The zero-order chi connectivity index (χ0) is 16.3. The number of hydrogen-bond acceptors (Lipinski definition) is 2. The van der Waals surface area contributed by atoms with Crippen LogP contribution in [0, 0.1) is 13.8 Å². The van der Waals surface area contributed by atoms with E-state index in [0.29, 0.717) is 15.8 Å². The predicted octanol–water partition coefficient (Wildman–Crippen LogP) is 5.02. The van der Waals surface area contributed by atoms with Crippen molar-refractivity contribution in [2.24, 2.45) is 0 Å². The molecule has 0 aromatic heterocycles. The van der Waals surface area contributed by atoms with Gasteiger partial charge in [0.05, 0.1) is 5.02 Å². The second-order valence-electron chi connectivity index (χ2n) is 5.12. The summed E-state index contributed by atoms with van der Waals surface area (Å²) >= 11 is 11.9. The van der Waals surface area contributed by atoms with Crippen LogP contribution >= 0.6 is 23.2 Å². The zero-order valence-electron chi connectivity index (χ0n) is 12.6. The molecule has 1 atom stereocenters. The number of carbonyl (C=O) groups is 1. The molecule has 2 rings (SSSR count). The van der Waals surface area contributed by atoms with Gasteiger partial charge in [0.25, 0.3) is 5.91 Å². The molecule has 0 heterocycles. The van der Waals surface area contributed by atoms with Gasteiger partial charge >= 0.3 is 0 Å². The summed E-state index contributed by atoms with van der Waals surface area (Å²) in [6.07, 6.45) is -0.680. The van der Waals surface area contributed by atoms with E-state index in [0.717, 1.165) is 11.3 Å². The van der Waals surface area contributed by atoms with Crippen LogP contribution in [0.3, 0.4) is 0 Å². The molecule has 0 spiro atoms. The van der Waals surface area contributed by atoms with Crippen LogP contribution in [-0.2, 0) is 4.79 Å². The Morgan fingerprint density at radius 2 is 1.82 bits per heavy atom. The molecule has 0 saturated heterocycles. The van der Waals surface area contributed by atoms with Crippen LogP contribution in [-0.4, -0.2) is 12.0 Å². The Hall–Kier alpha value is -1.71. The number of ether oxygens (including phenoxy) is 1. The van der Waals surface area contributed by atoms with E-state index in [4.69, 9.17) is 27.9 Å². The number of anilines is 1. The number of rotatable bonds is 4. The number of halogens is 2. The molecule has 116 valence electrons. The van der Waals surface area contributed by atoms with Crippen LogP contribution in [0.4, 0.5) is 5.69 Å². The van der Waals surface area contributed by atoms with E-state index < -0.39 is 6.10 Å². The van der Waals surface area contributed by atoms with Gasteiger partial charge in [0, 0.05) is 10.7 Å². The van der Waals surface area contributed by atoms with Crippen molar-refractivity contribution in [1.29, 1.82) is 0 Å². The Bertz CT molecular complexity index is 701. The molecular weight excluding hydrogens is 321 g/mol. The minimum absolute atomic E-state index is 0.241. The number of aryl methyl sites for hydroxylation is 2. The summed E-state index contributed by atoms with van der Waals surface area (Å²) in [5, 5.41) is 3.72. The summed E-state index contributed by atoms with van der Waals surface area (Å²) < 4.78 is 5.59. The van der Waals surface area contributed by atoms with E-state index >= 15 is 0 Å². The molecule has 2 aromatic carbocycles. The van der Waals surface area contributed by atoms with E-state index in [1.807, 2.05) is 32.0 Å². The normalized spacial score (nSPS) is 11.9. The summed E-state index contributed by atoms with van der Waals surface area (Å²) in [6.45, 7) is 5.69. The first-order chi connectivity index (χ1) is 10.4. The van der Waals surface area contributed by atoms with Crippen LogP contribution in [0.1, 0.15) is 18.1 Å². The molecule has 3 nitrogen and oxygen atoms in total. The van der Waals surface area contributed by atoms with Crippen LogP contribution in [0.5, 0.6) is 5.75 Å². The minimum atomic E-state index is -0.680. The Balaban J connectivity index is 2.04. The fraction of sp³-hybridized carbons (Fsp3) is 0.235. The molecule has 1 N–H and O–H groups in total. The number of carbonyl (C=O) groups excluding carboxylic acids is 1. The van der Waals surface area contributed by atoms with Crippen molar-refractivity contribution in [3.63, 3.8) is 0 Å². The Morgan fingerprint density at radius 3 is 2.45 bits per heavy atom. The van der Waals surface area contributed by atoms with E-state index in [2.05, 4.69) is 5.32 Å². The van der Waals surface area contributed by atoms with Crippen molar-refractivity contribution in [3.05, 3.63) is 57.6 Å². The lowest BCUT2D eigenvalue weighted by Gasteiger charge is -2.16. The lowest BCUT2D eigenvalue weighted by Crippen LogP contribution is -2.30. The quantitative estimate of drug-likeness (QED) is 0.850. The largest absolute Gasteiger partial charge is 0.479 e. The van der Waals surface area contributed by atoms with Gasteiger partial charge in [0.2, 0.25) is 0 Å². The van der Waals surface area contributed by atoms with Gasteiger partial charge in [-0.25, -0.2) is 0 Å². The maximum atomic E-state index is 12.2. The standard InChI is InChI=1S/C17H17Cl2NO2/c1-10-4-6-14(8-11(10)2)20-17(21)12(3)22-16-7-5-13(18)9-15(16)19/h4-9,12H,1-3H3,(H,20,21)/t12-/m0/s1. The fourth-order valence-electron chi connectivity index (χ4n) is 1.88. The van der Waals surface area contributed by atoms with Crippen molar-refractivity contribution >= 4 is 34.8 Å². The van der Waals surface area contributed by atoms with Crippen LogP contribution in [0.2, 0.25) is 10.0 Å². The van der Waals surface area contributed by atoms with Crippen LogP contribution < -0.4 is 10.1 Å². The van der Waals surface area contributed by atoms with E-state index in [9.17, 15) is 4.79 Å². The molecule has 0 aliphatic rings. The number of benzene rings is 2. The average molecular weight is 338 g/mol. The first-order valence-corrected chi connectivity index (χ1v) is 7.62. The van der Waals surface area contributed by atoms with Gasteiger partial charge in [0.15, 0.2) is 6.10 Å². The van der Waals surface area contributed by atoms with E-state index in [1.54, 1.807) is 25.1 Å². The summed E-state index contributed by atoms with van der Waals surface area (Å²) in [5.74, 6) is 0.183. The monoisotopic (exact) mass is 337 g/mol. The van der Waals surface area contributed by atoms with Crippen LogP contribution in [0.25, 0.3) is 0 Å². The van der Waals surface area contributed by atoms with E-state index in [1.165, 1.54) is 5.56 Å². The van der Waals surface area contributed by atoms with Crippen LogP contribution in [0.15, 0.2) is 36.4 Å². The van der Waals surface area contributed by atoms with Gasteiger partial charge in [-0.05, 0) is 62.2 Å². The van der Waals surface area contributed by atoms with Crippen molar-refractivity contribution < 1.29 is 9.53 Å². The number of amides is 1. The molecule has 0 saturated carbocycles. The molecule has 2 aromatic rings. The summed E-state index contributed by atoms with van der Waals surface area (Å²) in [4.78, 5) is 12.2. The fourth-order valence-corrected chi connectivity index (χ4v) is 2.33. The van der Waals surface area contributed by atoms with Crippen molar-refractivity contribution in [1.82, 2.24) is 0 Å². The Morgan fingerprint density at radius 1 is 1.09 bits per heavy atom. The molecule has 0 aliphatic heterocycles. The third-order valence-corrected chi connectivity index (χ3v) is 3.87. The molecule has 22 heavy (non-hydrogen) atoms. The first kappa shape index (κ1) is 16.7. The SMILES string of the molecule is Cc1ccc(NC(=O)[C@H](C)Oc2ccc(Cl)cc2Cl)cc1C. The molecule has 0 unspecified atom stereocenters. The molecule has 0 fully saturated rings. The predicted molar refractivity (Wildman–Crippen MR) is 91.1 cm³/mol. The number of nitrogens with one attached hydrogen (secondary N) is 1. The molecular formula is C17H17Cl2NO2. The van der Waals surface area contributed by atoms with Crippen molar-refractivity contribution in [3.8, 4) is 5.75 Å². The third kappa shape index (κ3) is 4.15. The highest BCUT2D eigenvalue weighted by molar-refractivity contribution is 6.35. The summed E-state index contributed by atoms with van der Waals surface area (Å²) in [7, 11) is 0. The van der Waals surface area contributed by atoms with Gasteiger partial charge in [-0.3, -0.25) is 4.79 Å². The molecule has 0 aliphatic carbocycles. The first-order valence-electron chi connectivity index (χ1n) is 6.86. The highest BCUT2D eigenvalue weighted by atomic mass is 35.5. The summed E-state index contributed by atoms with van der Waals surface area (Å²) in [5.41, 5.74) is 3.04.